The molecule has 2 N–H and O–H groups in total. The molecule has 0 amide bonds. The summed E-state index contributed by atoms with van der Waals surface area (Å²) in [6.07, 6.45) is 4.82. The highest BCUT2D eigenvalue weighted by atomic mass is 32.1. The summed E-state index contributed by atoms with van der Waals surface area (Å²) in [7, 11) is 0. The lowest BCUT2D eigenvalue weighted by atomic mass is 9.79. The summed E-state index contributed by atoms with van der Waals surface area (Å²) in [6, 6.07) is 8.58. The minimum atomic E-state index is -0.248. The van der Waals surface area contributed by atoms with Crippen molar-refractivity contribution in [1.82, 2.24) is 4.98 Å². The molecule has 1 aliphatic rings. The first kappa shape index (κ1) is 10.00. The fourth-order valence-corrected chi connectivity index (χ4v) is 3.19. The number of benzene rings is 1. The molecule has 0 saturated heterocycles. The van der Waals surface area contributed by atoms with Gasteiger partial charge in [0, 0.05) is 11.6 Å². The lowest BCUT2D eigenvalue weighted by Crippen LogP contribution is -2.42. The van der Waals surface area contributed by atoms with Crippen molar-refractivity contribution in [3.05, 3.63) is 52.0 Å². The van der Waals surface area contributed by atoms with E-state index in [1.807, 2.05) is 11.6 Å². The summed E-state index contributed by atoms with van der Waals surface area (Å²) in [5, 5.41) is 3.08. The Morgan fingerprint density at radius 1 is 1.25 bits per heavy atom. The van der Waals surface area contributed by atoms with Crippen molar-refractivity contribution in [2.45, 2.75) is 24.8 Å². The lowest BCUT2D eigenvalue weighted by Gasteiger charge is -2.32. The maximum atomic E-state index is 6.49. The maximum Gasteiger partial charge on any atom is 0.113 e. The van der Waals surface area contributed by atoms with Crippen LogP contribution in [0.3, 0.4) is 0 Å². The van der Waals surface area contributed by atoms with Gasteiger partial charge in [-0.1, -0.05) is 24.3 Å². The minimum absolute atomic E-state index is 0.248. The third-order valence-corrected chi connectivity index (χ3v) is 4.32. The predicted octanol–water partition coefficient (Wildman–Crippen LogP) is 2.49. The summed E-state index contributed by atoms with van der Waals surface area (Å²) < 4.78 is 0. The Kier molecular flexibility index (Phi) is 2.30. The van der Waals surface area contributed by atoms with Gasteiger partial charge in [-0.05, 0) is 30.4 Å². The van der Waals surface area contributed by atoms with Crippen LogP contribution in [0.4, 0.5) is 0 Å². The molecule has 0 saturated carbocycles. The first-order chi connectivity index (χ1) is 7.78. The Morgan fingerprint density at radius 2 is 2.06 bits per heavy atom. The van der Waals surface area contributed by atoms with E-state index in [1.165, 1.54) is 11.1 Å². The zero-order chi connectivity index (χ0) is 11.0. The van der Waals surface area contributed by atoms with Crippen LogP contribution in [-0.2, 0) is 18.4 Å². The van der Waals surface area contributed by atoms with Gasteiger partial charge in [0.2, 0.25) is 0 Å². The van der Waals surface area contributed by atoms with Gasteiger partial charge in [0.05, 0.1) is 5.54 Å². The Hall–Kier alpha value is -1.19. The van der Waals surface area contributed by atoms with Crippen LogP contribution in [0.15, 0.2) is 35.8 Å². The summed E-state index contributed by atoms with van der Waals surface area (Å²) in [4.78, 5) is 4.38. The smallest absolute Gasteiger partial charge is 0.113 e. The van der Waals surface area contributed by atoms with Crippen LogP contribution in [-0.4, -0.2) is 4.98 Å². The molecule has 0 bridgehead atoms. The van der Waals surface area contributed by atoms with Crippen LogP contribution < -0.4 is 5.73 Å². The molecule has 0 spiro atoms. The molecule has 1 aromatic heterocycles. The largest absolute Gasteiger partial charge is 0.319 e. The topological polar surface area (TPSA) is 38.9 Å². The van der Waals surface area contributed by atoms with E-state index in [0.29, 0.717) is 0 Å². The SMILES string of the molecule is NC1(c2nccs2)CCc2ccccc2C1. The van der Waals surface area contributed by atoms with E-state index >= 15 is 0 Å². The average molecular weight is 230 g/mol. The van der Waals surface area contributed by atoms with E-state index in [9.17, 15) is 0 Å². The highest BCUT2D eigenvalue weighted by Crippen LogP contribution is 2.35. The zero-order valence-corrected chi connectivity index (χ0v) is 9.83. The van der Waals surface area contributed by atoms with Gasteiger partial charge in [-0.2, -0.15) is 0 Å². The third-order valence-electron chi connectivity index (χ3n) is 3.32. The number of nitrogens with two attached hydrogens (primary N) is 1. The molecule has 3 heteroatoms. The Morgan fingerprint density at radius 3 is 2.81 bits per heavy atom. The quantitative estimate of drug-likeness (QED) is 0.817. The molecule has 1 atom stereocenters. The molecule has 2 nitrogen and oxygen atoms in total. The lowest BCUT2D eigenvalue weighted by molar-refractivity contribution is 0.383. The van der Waals surface area contributed by atoms with E-state index in [2.05, 4.69) is 29.2 Å². The number of fused-ring (bicyclic) bond motifs is 1. The summed E-state index contributed by atoms with van der Waals surface area (Å²) in [6.45, 7) is 0. The molecule has 1 unspecified atom stereocenters. The molecule has 0 aliphatic heterocycles. The second-order valence-electron chi connectivity index (χ2n) is 4.44. The fourth-order valence-electron chi connectivity index (χ4n) is 2.41. The molecular weight excluding hydrogens is 216 g/mol. The van der Waals surface area contributed by atoms with Crippen LogP contribution in [0.1, 0.15) is 22.6 Å². The van der Waals surface area contributed by atoms with Gasteiger partial charge in [-0.25, -0.2) is 4.98 Å². The molecular formula is C13H14N2S. The number of nitrogens with zero attached hydrogens (tertiary/aromatic N) is 1. The number of hydrogen-bond donors (Lipinski definition) is 1. The normalized spacial score (nSPS) is 24.1. The van der Waals surface area contributed by atoms with Crippen LogP contribution in [0.2, 0.25) is 0 Å². The average Bonchev–Trinajstić information content (AvgIpc) is 2.83. The minimum Gasteiger partial charge on any atom is -0.319 e. The zero-order valence-electron chi connectivity index (χ0n) is 9.02. The van der Waals surface area contributed by atoms with Crippen molar-refractivity contribution >= 4 is 11.3 Å². The molecule has 1 aromatic carbocycles. The van der Waals surface area contributed by atoms with E-state index in [1.54, 1.807) is 11.3 Å². The Labute approximate surface area is 99.1 Å². The van der Waals surface area contributed by atoms with Gasteiger partial charge in [-0.15, -0.1) is 11.3 Å². The molecule has 3 rings (SSSR count). The first-order valence-corrected chi connectivity index (χ1v) is 6.41. The monoisotopic (exact) mass is 230 g/mol. The van der Waals surface area contributed by atoms with Crippen LogP contribution in [0.25, 0.3) is 0 Å². The molecule has 2 aromatic rings. The number of aromatic nitrogens is 1. The first-order valence-electron chi connectivity index (χ1n) is 5.54. The van der Waals surface area contributed by atoms with Gasteiger partial charge < -0.3 is 5.73 Å². The van der Waals surface area contributed by atoms with Crippen LogP contribution in [0, 0.1) is 0 Å². The highest BCUT2D eigenvalue weighted by molar-refractivity contribution is 7.09. The van der Waals surface area contributed by atoms with Gasteiger partial charge in [0.1, 0.15) is 5.01 Å². The molecule has 82 valence electrons. The highest BCUT2D eigenvalue weighted by Gasteiger charge is 2.33. The van der Waals surface area contributed by atoms with E-state index in [0.717, 1.165) is 24.3 Å². The second kappa shape index (κ2) is 3.68. The molecule has 1 heterocycles. The van der Waals surface area contributed by atoms with Crippen LogP contribution in [0.5, 0.6) is 0 Å². The van der Waals surface area contributed by atoms with Crippen molar-refractivity contribution in [2.75, 3.05) is 0 Å². The van der Waals surface area contributed by atoms with Gasteiger partial charge >= 0.3 is 0 Å². The fraction of sp³-hybridized carbons (Fsp3) is 0.308. The summed E-state index contributed by atoms with van der Waals surface area (Å²) in [5.74, 6) is 0. The molecule has 1 aliphatic carbocycles. The second-order valence-corrected chi connectivity index (χ2v) is 5.33. The standard InChI is InChI=1S/C13H14N2S/c14-13(12-15-7-8-16-12)6-5-10-3-1-2-4-11(10)9-13/h1-4,7-8H,5-6,9,14H2. The number of thiazole rings is 1. The van der Waals surface area contributed by atoms with Crippen molar-refractivity contribution in [3.8, 4) is 0 Å². The Balaban J connectivity index is 1.98. The number of aryl methyl sites for hydroxylation is 1. The summed E-state index contributed by atoms with van der Waals surface area (Å²) >= 11 is 1.67. The van der Waals surface area contributed by atoms with Crippen molar-refractivity contribution in [1.29, 1.82) is 0 Å². The van der Waals surface area contributed by atoms with E-state index in [4.69, 9.17) is 5.73 Å². The Bertz CT molecular complexity index is 492. The van der Waals surface area contributed by atoms with Crippen LogP contribution >= 0.6 is 11.3 Å². The van der Waals surface area contributed by atoms with Gasteiger partial charge in [0.15, 0.2) is 0 Å². The molecule has 0 fully saturated rings. The van der Waals surface area contributed by atoms with Gasteiger partial charge in [-0.3, -0.25) is 0 Å². The predicted molar refractivity (Wildman–Crippen MR) is 66.4 cm³/mol. The number of rotatable bonds is 1. The van der Waals surface area contributed by atoms with Crippen molar-refractivity contribution < 1.29 is 0 Å². The molecule has 16 heavy (non-hydrogen) atoms. The van der Waals surface area contributed by atoms with Crippen molar-refractivity contribution in [3.63, 3.8) is 0 Å². The van der Waals surface area contributed by atoms with E-state index < -0.39 is 0 Å². The van der Waals surface area contributed by atoms with E-state index in [-0.39, 0.29) is 5.54 Å². The maximum absolute atomic E-state index is 6.49. The molecule has 0 radical (unpaired) electrons. The summed E-state index contributed by atoms with van der Waals surface area (Å²) in [5.41, 5.74) is 9.07. The van der Waals surface area contributed by atoms with Crippen molar-refractivity contribution in [2.24, 2.45) is 5.73 Å². The third kappa shape index (κ3) is 1.56. The number of hydrogen-bond acceptors (Lipinski definition) is 3. The van der Waals surface area contributed by atoms with Gasteiger partial charge in [0.25, 0.3) is 0 Å².